The molecule has 2 aromatic rings. The molecule has 4 rings (SSSR count). The molecule has 156 valence electrons. The number of carbonyl (C=O) groups excluding carboxylic acids is 3. The summed E-state index contributed by atoms with van der Waals surface area (Å²) in [5.74, 6) is -0.807. The van der Waals surface area contributed by atoms with E-state index in [1.165, 1.54) is 5.56 Å². The summed E-state index contributed by atoms with van der Waals surface area (Å²) in [4.78, 5) is 38.0. The van der Waals surface area contributed by atoms with Crippen molar-refractivity contribution in [2.45, 2.75) is 51.5 Å². The number of nitrogens with one attached hydrogen (secondary N) is 2. The molecule has 1 saturated heterocycles. The average molecular weight is 406 g/mol. The van der Waals surface area contributed by atoms with Gasteiger partial charge in [0.05, 0.1) is 0 Å². The first-order chi connectivity index (χ1) is 14.4. The highest BCUT2D eigenvalue weighted by Gasteiger charge is 2.39. The second kappa shape index (κ2) is 8.38. The molecule has 0 spiro atoms. The van der Waals surface area contributed by atoms with Crippen molar-refractivity contribution >= 4 is 17.7 Å². The molecule has 7 nitrogen and oxygen atoms in total. The van der Waals surface area contributed by atoms with E-state index in [2.05, 4.69) is 22.8 Å². The lowest BCUT2D eigenvalue weighted by molar-refractivity contribution is -0.136. The largest absolute Gasteiger partial charge is 0.324 e. The van der Waals surface area contributed by atoms with Crippen molar-refractivity contribution in [1.82, 2.24) is 15.5 Å². The van der Waals surface area contributed by atoms with E-state index in [0.717, 1.165) is 16.7 Å². The zero-order valence-electron chi connectivity index (χ0n) is 17.0. The van der Waals surface area contributed by atoms with E-state index in [1.807, 2.05) is 37.3 Å². The van der Waals surface area contributed by atoms with E-state index < -0.39 is 6.04 Å². The quantitative estimate of drug-likeness (QED) is 0.634. The number of imide groups is 1. The van der Waals surface area contributed by atoms with Crippen LogP contribution in [0.15, 0.2) is 42.5 Å². The maximum Gasteiger partial charge on any atom is 0.255 e. The van der Waals surface area contributed by atoms with Gasteiger partial charge in [0.1, 0.15) is 6.04 Å². The van der Waals surface area contributed by atoms with Gasteiger partial charge in [-0.1, -0.05) is 36.4 Å². The summed E-state index contributed by atoms with van der Waals surface area (Å²) in [6, 6.07) is 13.5. The van der Waals surface area contributed by atoms with Crippen molar-refractivity contribution in [2.24, 2.45) is 5.73 Å². The molecule has 3 amide bonds. The molecular formula is C23H26N4O3. The minimum atomic E-state index is -0.580. The van der Waals surface area contributed by atoms with Crippen LogP contribution in [0, 0.1) is 0 Å². The van der Waals surface area contributed by atoms with E-state index in [4.69, 9.17) is 5.73 Å². The van der Waals surface area contributed by atoms with Crippen molar-refractivity contribution in [3.05, 3.63) is 70.3 Å². The Balaban J connectivity index is 1.37. The van der Waals surface area contributed by atoms with Gasteiger partial charge in [0.25, 0.3) is 5.91 Å². The van der Waals surface area contributed by atoms with Crippen LogP contribution in [0.3, 0.4) is 0 Å². The van der Waals surface area contributed by atoms with E-state index in [-0.39, 0.29) is 30.2 Å². The molecule has 0 aromatic heterocycles. The summed E-state index contributed by atoms with van der Waals surface area (Å²) in [6.45, 7) is 3.71. The summed E-state index contributed by atoms with van der Waals surface area (Å²) in [7, 11) is 0. The predicted molar refractivity (Wildman–Crippen MR) is 112 cm³/mol. The second-order valence-corrected chi connectivity index (χ2v) is 8.03. The number of piperidine rings is 1. The minimum Gasteiger partial charge on any atom is -0.324 e. The molecule has 0 saturated carbocycles. The Hall–Kier alpha value is -3.03. The third-order valence-electron chi connectivity index (χ3n) is 5.76. The number of hydrogen-bond donors (Lipinski definition) is 3. The molecule has 30 heavy (non-hydrogen) atoms. The molecule has 0 radical (unpaired) electrons. The van der Waals surface area contributed by atoms with Gasteiger partial charge in [-0.15, -0.1) is 0 Å². The average Bonchev–Trinajstić information content (AvgIpc) is 3.04. The van der Waals surface area contributed by atoms with Crippen LogP contribution < -0.4 is 16.4 Å². The lowest BCUT2D eigenvalue weighted by atomic mass is 10.0. The standard InChI is InChI=1S/C23H26N4O3/c1-14(24)17-5-2-15(3-6-17)11-25-12-16-4-7-18-13-27(23(30)19(18)10-16)20-8-9-21(28)26-22(20)29/h2-7,10,14,20,25H,8-9,11-13,24H2,1H3,(H,26,28,29)/t14-,20?/m1/s1. The Morgan fingerprint density at radius 3 is 2.50 bits per heavy atom. The summed E-state index contributed by atoms with van der Waals surface area (Å²) in [6.07, 6.45) is 0.636. The minimum absolute atomic E-state index is 0.0238. The third-order valence-corrected chi connectivity index (χ3v) is 5.76. The highest BCUT2D eigenvalue weighted by atomic mass is 16.2. The van der Waals surface area contributed by atoms with Crippen LogP contribution in [0.25, 0.3) is 0 Å². The molecule has 2 aromatic carbocycles. The number of rotatable bonds is 6. The SMILES string of the molecule is C[C@@H](N)c1ccc(CNCc2ccc3c(c2)C(=O)N(C2CCC(=O)NC2=O)C3)cc1. The van der Waals surface area contributed by atoms with Crippen molar-refractivity contribution < 1.29 is 14.4 Å². The number of benzene rings is 2. The third kappa shape index (κ3) is 4.13. The molecule has 0 bridgehead atoms. The lowest BCUT2D eigenvalue weighted by Gasteiger charge is -2.29. The number of nitrogens with two attached hydrogens (primary N) is 1. The Bertz CT molecular complexity index is 984. The van der Waals surface area contributed by atoms with Crippen molar-refractivity contribution in [2.75, 3.05) is 0 Å². The van der Waals surface area contributed by atoms with Crippen LogP contribution in [-0.2, 0) is 29.2 Å². The van der Waals surface area contributed by atoms with Gasteiger partial charge in [-0.3, -0.25) is 19.7 Å². The first-order valence-electron chi connectivity index (χ1n) is 10.2. The monoisotopic (exact) mass is 406 g/mol. The number of carbonyl (C=O) groups is 3. The number of amides is 3. The zero-order chi connectivity index (χ0) is 21.3. The van der Waals surface area contributed by atoms with Crippen molar-refractivity contribution in [3.8, 4) is 0 Å². The van der Waals surface area contributed by atoms with Crippen LogP contribution in [0.5, 0.6) is 0 Å². The fraction of sp³-hybridized carbons (Fsp3) is 0.348. The van der Waals surface area contributed by atoms with Gasteiger partial charge in [-0.2, -0.15) is 0 Å². The number of nitrogens with zero attached hydrogens (tertiary/aromatic N) is 1. The Morgan fingerprint density at radius 2 is 1.80 bits per heavy atom. The van der Waals surface area contributed by atoms with E-state index in [1.54, 1.807) is 4.90 Å². The van der Waals surface area contributed by atoms with Gasteiger partial charge >= 0.3 is 0 Å². The molecule has 2 atom stereocenters. The smallest absolute Gasteiger partial charge is 0.255 e. The first-order valence-corrected chi connectivity index (χ1v) is 10.2. The van der Waals surface area contributed by atoms with Gasteiger partial charge in [0.2, 0.25) is 11.8 Å². The zero-order valence-corrected chi connectivity index (χ0v) is 17.0. The Morgan fingerprint density at radius 1 is 1.10 bits per heavy atom. The molecule has 4 N–H and O–H groups in total. The predicted octanol–water partition coefficient (Wildman–Crippen LogP) is 1.76. The molecule has 0 aliphatic carbocycles. The van der Waals surface area contributed by atoms with Crippen LogP contribution in [0.4, 0.5) is 0 Å². The molecule has 7 heteroatoms. The first kappa shape index (κ1) is 20.3. The van der Waals surface area contributed by atoms with Crippen LogP contribution in [-0.4, -0.2) is 28.7 Å². The highest BCUT2D eigenvalue weighted by molar-refractivity contribution is 6.05. The maximum atomic E-state index is 12.9. The second-order valence-electron chi connectivity index (χ2n) is 8.03. The summed E-state index contributed by atoms with van der Waals surface area (Å²) < 4.78 is 0. The number of fused-ring (bicyclic) bond motifs is 1. The summed E-state index contributed by atoms with van der Waals surface area (Å²) >= 11 is 0. The van der Waals surface area contributed by atoms with Gasteiger partial charge in [0.15, 0.2) is 0 Å². The highest BCUT2D eigenvalue weighted by Crippen LogP contribution is 2.28. The Kier molecular flexibility index (Phi) is 5.65. The topological polar surface area (TPSA) is 105 Å². The maximum absolute atomic E-state index is 12.9. The molecule has 1 fully saturated rings. The fourth-order valence-electron chi connectivity index (χ4n) is 4.00. The van der Waals surface area contributed by atoms with Gasteiger partial charge in [-0.25, -0.2) is 0 Å². The van der Waals surface area contributed by atoms with E-state index >= 15 is 0 Å². The fourth-order valence-corrected chi connectivity index (χ4v) is 4.00. The van der Waals surface area contributed by atoms with Gasteiger partial charge < -0.3 is 16.0 Å². The van der Waals surface area contributed by atoms with Crippen molar-refractivity contribution in [1.29, 1.82) is 0 Å². The molecule has 2 aliphatic heterocycles. The van der Waals surface area contributed by atoms with E-state index in [0.29, 0.717) is 31.6 Å². The van der Waals surface area contributed by atoms with Gasteiger partial charge in [0, 0.05) is 37.7 Å². The van der Waals surface area contributed by atoms with Crippen LogP contribution in [0.1, 0.15) is 58.4 Å². The van der Waals surface area contributed by atoms with E-state index in [9.17, 15) is 14.4 Å². The lowest BCUT2D eigenvalue weighted by Crippen LogP contribution is -2.52. The normalized spacial score (nSPS) is 19.6. The molecule has 1 unspecified atom stereocenters. The molecule has 2 heterocycles. The summed E-state index contributed by atoms with van der Waals surface area (Å²) in [5, 5.41) is 5.73. The van der Waals surface area contributed by atoms with Crippen LogP contribution in [0.2, 0.25) is 0 Å². The molecular weight excluding hydrogens is 380 g/mol. The van der Waals surface area contributed by atoms with Gasteiger partial charge in [-0.05, 0) is 41.7 Å². The van der Waals surface area contributed by atoms with Crippen molar-refractivity contribution in [3.63, 3.8) is 0 Å². The summed E-state index contributed by atoms with van der Waals surface area (Å²) in [5.41, 5.74) is 10.7. The number of hydrogen-bond acceptors (Lipinski definition) is 5. The van der Waals surface area contributed by atoms with Crippen LogP contribution >= 0.6 is 0 Å². The molecule has 2 aliphatic rings. The Labute approximate surface area is 175 Å².